The van der Waals surface area contributed by atoms with Crippen molar-refractivity contribution < 1.29 is 37.0 Å². The van der Waals surface area contributed by atoms with Crippen LogP contribution in [0.1, 0.15) is 24.7 Å². The van der Waals surface area contributed by atoms with Gasteiger partial charge in [0.1, 0.15) is 11.9 Å². The molecule has 1 aliphatic heterocycles. The molecule has 11 nitrogen and oxygen atoms in total. The van der Waals surface area contributed by atoms with Crippen LogP contribution in [0.5, 0.6) is 0 Å². The number of sulfonamides is 1. The van der Waals surface area contributed by atoms with E-state index in [1.165, 1.54) is 37.5 Å². The fourth-order valence-corrected chi connectivity index (χ4v) is 5.74. The third-order valence-corrected chi connectivity index (χ3v) is 8.17. The van der Waals surface area contributed by atoms with Crippen molar-refractivity contribution in [3.8, 4) is 0 Å². The molecule has 2 heterocycles. The summed E-state index contributed by atoms with van der Waals surface area (Å²) in [5, 5.41) is 16.7. The van der Waals surface area contributed by atoms with Crippen LogP contribution in [0.2, 0.25) is 0 Å². The molecule has 3 N–H and O–H groups in total. The zero-order valence-electron chi connectivity index (χ0n) is 22.1. The molecule has 0 aliphatic carbocycles. The second-order valence-electron chi connectivity index (χ2n) is 9.48. The van der Waals surface area contributed by atoms with Gasteiger partial charge in [0, 0.05) is 25.6 Å². The lowest BCUT2D eigenvalue weighted by atomic mass is 10.0. The van der Waals surface area contributed by atoms with Crippen LogP contribution in [0.3, 0.4) is 0 Å². The first-order valence-electron chi connectivity index (χ1n) is 12.9. The van der Waals surface area contributed by atoms with Gasteiger partial charge in [0.05, 0.1) is 43.1 Å². The molecule has 3 aromatic rings. The highest BCUT2D eigenvalue weighted by molar-refractivity contribution is 7.89. The highest BCUT2D eigenvalue weighted by Gasteiger charge is 2.32. The van der Waals surface area contributed by atoms with E-state index in [0.717, 1.165) is 9.87 Å². The van der Waals surface area contributed by atoms with Crippen LogP contribution in [0.4, 0.5) is 10.5 Å². The number of alkyl carbamates (subject to hydrolysis) is 1. The summed E-state index contributed by atoms with van der Waals surface area (Å²) in [6, 6.07) is 17.4. The number of aliphatic hydroxyl groups excluding tert-OH is 1. The van der Waals surface area contributed by atoms with Crippen molar-refractivity contribution in [1.82, 2.24) is 9.62 Å². The summed E-state index contributed by atoms with van der Waals surface area (Å²) in [4.78, 5) is 24.0. The van der Waals surface area contributed by atoms with Crippen molar-refractivity contribution in [1.29, 1.82) is 0 Å². The zero-order valence-corrected chi connectivity index (χ0v) is 22.9. The SMILES string of the molecule is CC(=O)Nc1ccc(S(=O)(=O)N(Cc2ccco2)C[C@@H](O)[C@H](Cc2ccccc2)NC(=O)O[C@H]2CCOC2)cc1. The van der Waals surface area contributed by atoms with Crippen LogP contribution < -0.4 is 10.6 Å². The molecule has 4 rings (SSSR count). The van der Waals surface area contributed by atoms with Gasteiger partial charge in [-0.05, 0) is 48.4 Å². The number of nitrogens with one attached hydrogen (secondary N) is 2. The van der Waals surface area contributed by atoms with Crippen LogP contribution in [0.25, 0.3) is 0 Å². The molecule has 12 heteroatoms. The standard InChI is InChI=1S/C28H33N3O8S/c1-20(32)29-22-9-11-25(12-10-22)40(35,36)31(17-23-8-5-14-38-23)18-27(33)26(16-21-6-3-2-4-7-21)30-28(34)39-24-13-15-37-19-24/h2-12,14,24,26-27,33H,13,15-19H2,1H3,(H,29,32)(H,30,34)/t24-,26-,27+/m0/s1. The Morgan fingerprint density at radius 1 is 1.10 bits per heavy atom. The summed E-state index contributed by atoms with van der Waals surface area (Å²) in [5.74, 6) is 0.0907. The number of rotatable bonds is 12. The Hall–Kier alpha value is -3.71. The van der Waals surface area contributed by atoms with Crippen LogP contribution in [0, 0.1) is 0 Å². The van der Waals surface area contributed by atoms with E-state index in [1.54, 1.807) is 12.1 Å². The molecule has 1 aliphatic rings. The number of ether oxygens (including phenoxy) is 2. The van der Waals surface area contributed by atoms with Crippen molar-refractivity contribution in [2.75, 3.05) is 25.1 Å². The molecule has 0 saturated carbocycles. The number of nitrogens with zero attached hydrogens (tertiary/aromatic N) is 1. The maximum absolute atomic E-state index is 13.7. The van der Waals surface area contributed by atoms with Gasteiger partial charge in [0.15, 0.2) is 0 Å². The van der Waals surface area contributed by atoms with Crippen LogP contribution in [-0.4, -0.2) is 67.8 Å². The van der Waals surface area contributed by atoms with Crippen molar-refractivity contribution in [3.63, 3.8) is 0 Å². The Bertz CT molecular complexity index is 1340. The van der Waals surface area contributed by atoms with Crippen molar-refractivity contribution in [2.24, 2.45) is 0 Å². The fourth-order valence-electron chi connectivity index (χ4n) is 4.32. The van der Waals surface area contributed by atoms with Gasteiger partial charge in [-0.25, -0.2) is 13.2 Å². The predicted octanol–water partition coefficient (Wildman–Crippen LogP) is 2.92. The van der Waals surface area contributed by atoms with Gasteiger partial charge in [-0.15, -0.1) is 0 Å². The first kappa shape index (κ1) is 29.3. The van der Waals surface area contributed by atoms with Gasteiger partial charge in [0.2, 0.25) is 15.9 Å². The number of carbonyl (C=O) groups is 2. The molecule has 0 unspecified atom stereocenters. The summed E-state index contributed by atoms with van der Waals surface area (Å²) in [7, 11) is -4.13. The van der Waals surface area contributed by atoms with Crippen molar-refractivity contribution >= 4 is 27.7 Å². The number of benzene rings is 2. The molecule has 2 aromatic carbocycles. The lowest BCUT2D eigenvalue weighted by Gasteiger charge is -2.29. The highest BCUT2D eigenvalue weighted by atomic mass is 32.2. The molecular formula is C28H33N3O8S. The fraction of sp³-hybridized carbons (Fsp3) is 0.357. The van der Waals surface area contributed by atoms with E-state index in [4.69, 9.17) is 13.9 Å². The topological polar surface area (TPSA) is 147 Å². The van der Waals surface area contributed by atoms with Crippen molar-refractivity contribution in [3.05, 3.63) is 84.3 Å². The minimum atomic E-state index is -4.13. The quantitative estimate of drug-likeness (QED) is 0.301. The summed E-state index contributed by atoms with van der Waals surface area (Å²) in [5.41, 5.74) is 1.28. The number of aliphatic hydroxyl groups is 1. The van der Waals surface area contributed by atoms with Gasteiger partial charge in [-0.2, -0.15) is 4.31 Å². The molecule has 1 aromatic heterocycles. The minimum Gasteiger partial charge on any atom is -0.468 e. The maximum atomic E-state index is 13.7. The number of amides is 2. The van der Waals surface area contributed by atoms with Gasteiger partial charge in [0.25, 0.3) is 0 Å². The van der Waals surface area contributed by atoms with Gasteiger partial charge in [-0.3, -0.25) is 4.79 Å². The van der Waals surface area contributed by atoms with Gasteiger partial charge < -0.3 is 29.6 Å². The smallest absolute Gasteiger partial charge is 0.407 e. The number of hydrogen-bond donors (Lipinski definition) is 3. The molecule has 2 amide bonds. The van der Waals surface area contributed by atoms with Crippen molar-refractivity contribution in [2.45, 2.75) is 49.5 Å². The molecular weight excluding hydrogens is 538 g/mol. The summed E-state index contributed by atoms with van der Waals surface area (Å²) in [6.45, 7) is 1.66. The lowest BCUT2D eigenvalue weighted by Crippen LogP contribution is -2.51. The molecule has 1 fully saturated rings. The van der Waals surface area contributed by atoms with E-state index in [1.807, 2.05) is 30.3 Å². The number of hydrogen-bond acceptors (Lipinski definition) is 8. The molecule has 40 heavy (non-hydrogen) atoms. The molecule has 0 spiro atoms. The van der Waals surface area contributed by atoms with Crippen LogP contribution in [0.15, 0.2) is 82.3 Å². The Kier molecular flexibility index (Phi) is 9.93. The average Bonchev–Trinajstić information content (AvgIpc) is 3.63. The molecule has 1 saturated heterocycles. The van der Waals surface area contributed by atoms with Crippen LogP contribution in [-0.2, 0) is 37.3 Å². The van der Waals surface area contributed by atoms with Gasteiger partial charge in [-0.1, -0.05) is 30.3 Å². The highest BCUT2D eigenvalue weighted by Crippen LogP contribution is 2.22. The second-order valence-corrected chi connectivity index (χ2v) is 11.4. The number of anilines is 1. The summed E-state index contributed by atoms with van der Waals surface area (Å²) < 4.78 is 44.6. The normalized spacial score (nSPS) is 16.8. The molecule has 0 bridgehead atoms. The first-order valence-corrected chi connectivity index (χ1v) is 14.3. The predicted molar refractivity (Wildman–Crippen MR) is 146 cm³/mol. The monoisotopic (exact) mass is 571 g/mol. The lowest BCUT2D eigenvalue weighted by molar-refractivity contribution is -0.114. The molecule has 0 radical (unpaired) electrons. The molecule has 3 atom stereocenters. The summed E-state index contributed by atoms with van der Waals surface area (Å²) in [6.07, 6.45) is -0.166. The zero-order chi connectivity index (χ0) is 28.5. The minimum absolute atomic E-state index is 0.0337. The average molecular weight is 572 g/mol. The molecule has 214 valence electrons. The Balaban J connectivity index is 1.56. The third-order valence-electron chi connectivity index (χ3n) is 6.34. The Labute approximate surface area is 233 Å². The maximum Gasteiger partial charge on any atom is 0.407 e. The van der Waals surface area contributed by atoms with Crippen LogP contribution >= 0.6 is 0 Å². The third kappa shape index (κ3) is 8.15. The number of furan rings is 1. The van der Waals surface area contributed by atoms with E-state index >= 15 is 0 Å². The second kappa shape index (κ2) is 13.6. The number of carbonyl (C=O) groups excluding carboxylic acids is 2. The first-order chi connectivity index (χ1) is 19.2. The Morgan fingerprint density at radius 2 is 1.85 bits per heavy atom. The van der Waals surface area contributed by atoms with E-state index in [0.29, 0.717) is 31.1 Å². The van der Waals surface area contributed by atoms with E-state index in [-0.39, 0.29) is 36.4 Å². The van der Waals surface area contributed by atoms with E-state index < -0.39 is 28.3 Å². The van der Waals surface area contributed by atoms with Gasteiger partial charge >= 0.3 is 6.09 Å². The largest absolute Gasteiger partial charge is 0.468 e. The van der Waals surface area contributed by atoms with E-state index in [9.17, 15) is 23.1 Å². The Morgan fingerprint density at radius 3 is 2.48 bits per heavy atom. The van der Waals surface area contributed by atoms with E-state index in [2.05, 4.69) is 10.6 Å². The summed E-state index contributed by atoms with van der Waals surface area (Å²) >= 11 is 0.